The first-order valence-electron chi connectivity index (χ1n) is 10.5. The lowest BCUT2D eigenvalue weighted by Crippen LogP contribution is -2.46. The minimum Gasteiger partial charge on any atom is -0.353 e. The SMILES string of the molecule is CC(=O)Nc1ccc(S(=O)(=O)N2CCC(NC(=O)CCCC(=O)c3cccs3)CC2)cc1. The number of benzene rings is 1. The number of hydrogen-bond acceptors (Lipinski definition) is 6. The highest BCUT2D eigenvalue weighted by atomic mass is 32.2. The van der Waals surface area contributed by atoms with Gasteiger partial charge in [0.15, 0.2) is 5.78 Å². The van der Waals surface area contributed by atoms with E-state index in [2.05, 4.69) is 10.6 Å². The van der Waals surface area contributed by atoms with E-state index >= 15 is 0 Å². The maximum atomic E-state index is 12.9. The Morgan fingerprint density at radius 3 is 2.34 bits per heavy atom. The van der Waals surface area contributed by atoms with E-state index in [1.54, 1.807) is 18.2 Å². The standard InChI is InChI=1S/C22H27N3O5S2/c1-16(26)23-17-7-9-19(10-8-17)32(29,30)25-13-11-18(12-14-25)24-22(28)6-2-4-20(27)21-5-3-15-31-21/h3,5,7-10,15,18H,2,4,6,11-14H2,1H3,(H,23,26)(H,24,28). The van der Waals surface area contributed by atoms with Crippen LogP contribution in [0.2, 0.25) is 0 Å². The van der Waals surface area contributed by atoms with Gasteiger partial charge in [-0.3, -0.25) is 14.4 Å². The van der Waals surface area contributed by atoms with Crippen molar-refractivity contribution < 1.29 is 22.8 Å². The fraction of sp³-hybridized carbons (Fsp3) is 0.409. The summed E-state index contributed by atoms with van der Waals surface area (Å²) >= 11 is 1.40. The summed E-state index contributed by atoms with van der Waals surface area (Å²) in [6.07, 6.45) is 2.16. The van der Waals surface area contributed by atoms with Crippen molar-refractivity contribution in [1.29, 1.82) is 0 Å². The first-order valence-corrected chi connectivity index (χ1v) is 12.8. The molecule has 2 N–H and O–H groups in total. The van der Waals surface area contributed by atoms with Gasteiger partial charge >= 0.3 is 0 Å². The molecule has 10 heteroatoms. The van der Waals surface area contributed by atoms with Crippen molar-refractivity contribution in [2.75, 3.05) is 18.4 Å². The second kappa shape index (κ2) is 10.8. The third-order valence-electron chi connectivity index (χ3n) is 5.24. The number of amides is 2. The third-order valence-corrected chi connectivity index (χ3v) is 8.06. The van der Waals surface area contributed by atoms with Gasteiger partial charge < -0.3 is 10.6 Å². The molecule has 32 heavy (non-hydrogen) atoms. The summed E-state index contributed by atoms with van der Waals surface area (Å²) in [6, 6.07) is 9.61. The number of rotatable bonds is 9. The third kappa shape index (κ3) is 6.47. The van der Waals surface area contributed by atoms with Crippen molar-refractivity contribution in [1.82, 2.24) is 9.62 Å². The van der Waals surface area contributed by atoms with Gasteiger partial charge in [0.2, 0.25) is 21.8 Å². The van der Waals surface area contributed by atoms with Crippen molar-refractivity contribution in [2.45, 2.75) is 50.0 Å². The fourth-order valence-electron chi connectivity index (χ4n) is 3.57. The van der Waals surface area contributed by atoms with Crippen LogP contribution in [0.3, 0.4) is 0 Å². The zero-order valence-corrected chi connectivity index (χ0v) is 19.5. The number of sulfonamides is 1. The second-order valence-corrected chi connectivity index (χ2v) is 10.6. The quantitative estimate of drug-likeness (QED) is 0.539. The summed E-state index contributed by atoms with van der Waals surface area (Å²) in [4.78, 5) is 36.2. The molecule has 3 rings (SSSR count). The van der Waals surface area contributed by atoms with E-state index in [4.69, 9.17) is 0 Å². The van der Waals surface area contributed by atoms with E-state index in [9.17, 15) is 22.8 Å². The number of piperidine rings is 1. The highest BCUT2D eigenvalue weighted by Gasteiger charge is 2.30. The van der Waals surface area contributed by atoms with E-state index in [0.29, 0.717) is 49.3 Å². The normalized spacial score (nSPS) is 15.3. The minimum absolute atomic E-state index is 0.0522. The molecule has 1 saturated heterocycles. The maximum Gasteiger partial charge on any atom is 0.243 e. The Morgan fingerprint density at radius 1 is 1.06 bits per heavy atom. The van der Waals surface area contributed by atoms with Crippen molar-refractivity contribution in [3.05, 3.63) is 46.7 Å². The van der Waals surface area contributed by atoms with Crippen LogP contribution in [-0.2, 0) is 19.6 Å². The summed E-state index contributed by atoms with van der Waals surface area (Å²) in [6.45, 7) is 2.02. The van der Waals surface area contributed by atoms with Gasteiger partial charge in [-0.1, -0.05) is 6.07 Å². The molecule has 2 aromatic rings. The number of nitrogens with zero attached hydrogens (tertiary/aromatic N) is 1. The molecule has 0 aliphatic carbocycles. The van der Waals surface area contributed by atoms with Gasteiger partial charge in [-0.15, -0.1) is 11.3 Å². The molecule has 0 spiro atoms. The monoisotopic (exact) mass is 477 g/mol. The average Bonchev–Trinajstić information content (AvgIpc) is 3.29. The smallest absolute Gasteiger partial charge is 0.243 e. The number of Topliss-reactive ketones (excluding diaryl/α,β-unsaturated/α-hetero) is 1. The number of ketones is 1. The lowest BCUT2D eigenvalue weighted by atomic mass is 10.1. The van der Waals surface area contributed by atoms with Crippen LogP contribution < -0.4 is 10.6 Å². The van der Waals surface area contributed by atoms with Crippen LogP contribution in [0.25, 0.3) is 0 Å². The van der Waals surface area contributed by atoms with Crippen molar-refractivity contribution in [3.8, 4) is 0 Å². The predicted molar refractivity (Wildman–Crippen MR) is 123 cm³/mol. The molecular formula is C22H27N3O5S2. The van der Waals surface area contributed by atoms with Gasteiger partial charge in [0.05, 0.1) is 9.77 Å². The van der Waals surface area contributed by atoms with Crippen LogP contribution >= 0.6 is 11.3 Å². The number of anilines is 1. The van der Waals surface area contributed by atoms with E-state index in [-0.39, 0.29) is 35.0 Å². The van der Waals surface area contributed by atoms with Gasteiger partial charge in [-0.2, -0.15) is 4.31 Å². The lowest BCUT2D eigenvalue weighted by Gasteiger charge is -2.31. The van der Waals surface area contributed by atoms with Crippen LogP contribution in [0.1, 0.15) is 48.7 Å². The van der Waals surface area contributed by atoms with Gasteiger partial charge in [-0.05, 0) is 55.0 Å². The molecule has 1 aliphatic rings. The Morgan fingerprint density at radius 2 is 1.75 bits per heavy atom. The summed E-state index contributed by atoms with van der Waals surface area (Å²) in [7, 11) is -3.63. The Kier molecular flexibility index (Phi) is 8.16. The van der Waals surface area contributed by atoms with Crippen LogP contribution in [0, 0.1) is 0 Å². The van der Waals surface area contributed by atoms with E-state index in [0.717, 1.165) is 0 Å². The number of carbonyl (C=O) groups excluding carboxylic acids is 3. The molecule has 0 unspecified atom stereocenters. The van der Waals surface area contributed by atoms with Gasteiger partial charge in [0, 0.05) is 44.6 Å². The Labute approximate surface area is 192 Å². The second-order valence-electron chi connectivity index (χ2n) is 7.71. The molecule has 1 aliphatic heterocycles. The average molecular weight is 478 g/mol. The molecular weight excluding hydrogens is 450 g/mol. The molecule has 1 fully saturated rings. The lowest BCUT2D eigenvalue weighted by molar-refractivity contribution is -0.122. The molecule has 172 valence electrons. The van der Waals surface area contributed by atoms with Gasteiger partial charge in [0.25, 0.3) is 0 Å². The van der Waals surface area contributed by atoms with Crippen molar-refractivity contribution in [3.63, 3.8) is 0 Å². The van der Waals surface area contributed by atoms with Crippen LogP contribution in [0.15, 0.2) is 46.7 Å². The van der Waals surface area contributed by atoms with E-state index in [1.807, 2.05) is 11.4 Å². The molecule has 0 atom stereocenters. The molecule has 0 bridgehead atoms. The van der Waals surface area contributed by atoms with Crippen LogP contribution in [0.4, 0.5) is 5.69 Å². The summed E-state index contributed by atoms with van der Waals surface area (Å²) in [5.74, 6) is -0.283. The largest absolute Gasteiger partial charge is 0.353 e. The first kappa shape index (κ1) is 24.1. The number of nitrogens with one attached hydrogen (secondary N) is 2. The zero-order chi connectivity index (χ0) is 23.1. The first-order chi connectivity index (χ1) is 15.3. The highest BCUT2D eigenvalue weighted by molar-refractivity contribution is 7.89. The summed E-state index contributed by atoms with van der Waals surface area (Å²) < 4.78 is 27.2. The number of thiophene rings is 1. The summed E-state index contributed by atoms with van der Waals surface area (Å²) in [5, 5.41) is 7.42. The zero-order valence-electron chi connectivity index (χ0n) is 17.9. The van der Waals surface area contributed by atoms with Crippen molar-refractivity contribution in [2.24, 2.45) is 0 Å². The Bertz CT molecular complexity index is 1040. The molecule has 2 amide bonds. The molecule has 1 aromatic heterocycles. The highest BCUT2D eigenvalue weighted by Crippen LogP contribution is 2.22. The molecule has 0 radical (unpaired) electrons. The maximum absolute atomic E-state index is 12.9. The van der Waals surface area contributed by atoms with Gasteiger partial charge in [0.1, 0.15) is 0 Å². The molecule has 2 heterocycles. The minimum atomic E-state index is -3.63. The Hall–Kier alpha value is -2.56. The Balaban J connectivity index is 1.43. The number of hydrogen-bond donors (Lipinski definition) is 2. The molecule has 8 nitrogen and oxygen atoms in total. The van der Waals surface area contributed by atoms with Crippen LogP contribution in [0.5, 0.6) is 0 Å². The van der Waals surface area contributed by atoms with Gasteiger partial charge in [-0.25, -0.2) is 8.42 Å². The molecule has 1 aromatic carbocycles. The van der Waals surface area contributed by atoms with E-state index in [1.165, 1.54) is 34.7 Å². The topological polar surface area (TPSA) is 113 Å². The van der Waals surface area contributed by atoms with Crippen molar-refractivity contribution >= 4 is 44.6 Å². The van der Waals surface area contributed by atoms with E-state index < -0.39 is 10.0 Å². The fourth-order valence-corrected chi connectivity index (χ4v) is 5.74. The summed E-state index contributed by atoms with van der Waals surface area (Å²) in [5.41, 5.74) is 0.537. The van der Waals surface area contributed by atoms with Crippen LogP contribution in [-0.4, -0.2) is 49.5 Å². The predicted octanol–water partition coefficient (Wildman–Crippen LogP) is 3.03. The molecule has 0 saturated carbocycles. The number of carbonyl (C=O) groups is 3.